The zero-order valence-electron chi connectivity index (χ0n) is 23.8. The number of amides is 3. The molecule has 0 saturated heterocycles. The molecular formula is C31H31FN4O7. The number of nitrogens with zero attached hydrogens (tertiary/aromatic N) is 1. The molecule has 0 aliphatic carbocycles. The van der Waals surface area contributed by atoms with Crippen LogP contribution in [0.4, 0.5) is 9.18 Å². The van der Waals surface area contributed by atoms with Gasteiger partial charge in [-0.05, 0) is 61.4 Å². The number of rotatable bonds is 12. The lowest BCUT2D eigenvalue weighted by Crippen LogP contribution is -2.45. The molecule has 4 rings (SSSR count). The van der Waals surface area contributed by atoms with E-state index in [9.17, 15) is 18.8 Å². The Hall–Kier alpha value is -5.39. The second-order valence-corrected chi connectivity index (χ2v) is 9.24. The van der Waals surface area contributed by atoms with E-state index < -0.39 is 23.9 Å². The highest BCUT2D eigenvalue weighted by molar-refractivity contribution is 5.95. The van der Waals surface area contributed by atoms with Gasteiger partial charge in [-0.2, -0.15) is 5.10 Å². The fourth-order valence-corrected chi connectivity index (χ4v) is 4.22. The van der Waals surface area contributed by atoms with Crippen molar-refractivity contribution in [3.63, 3.8) is 0 Å². The summed E-state index contributed by atoms with van der Waals surface area (Å²) in [4.78, 5) is 37.2. The number of methoxy groups -OCH3 is 1. The average molecular weight is 591 g/mol. The SMILES string of the molecule is CCOC(=O)C1=C(C)NC(=O)N[C@@H]1c1ccc(OCC(=O)N/N=C\c2ccccc2OCc2ccc(F)cc2)c(OC)c1. The molecule has 1 aliphatic rings. The van der Waals surface area contributed by atoms with Gasteiger partial charge >= 0.3 is 12.0 Å². The zero-order valence-corrected chi connectivity index (χ0v) is 23.8. The van der Waals surface area contributed by atoms with E-state index >= 15 is 0 Å². The number of para-hydroxylation sites is 1. The first-order valence-corrected chi connectivity index (χ1v) is 13.3. The average Bonchev–Trinajstić information content (AvgIpc) is 3.00. The third-order valence-corrected chi connectivity index (χ3v) is 6.26. The van der Waals surface area contributed by atoms with E-state index in [4.69, 9.17) is 18.9 Å². The van der Waals surface area contributed by atoms with E-state index in [0.717, 1.165) is 5.56 Å². The van der Waals surface area contributed by atoms with Crippen LogP contribution in [0.15, 0.2) is 83.1 Å². The van der Waals surface area contributed by atoms with Gasteiger partial charge in [0.25, 0.3) is 5.91 Å². The van der Waals surface area contributed by atoms with Gasteiger partial charge in [-0.25, -0.2) is 19.4 Å². The zero-order chi connectivity index (χ0) is 30.8. The molecule has 43 heavy (non-hydrogen) atoms. The van der Waals surface area contributed by atoms with Crippen molar-refractivity contribution in [2.75, 3.05) is 20.3 Å². The smallest absolute Gasteiger partial charge is 0.338 e. The molecule has 0 saturated carbocycles. The van der Waals surface area contributed by atoms with Crippen LogP contribution in [0.5, 0.6) is 17.2 Å². The van der Waals surface area contributed by atoms with Gasteiger partial charge in [0, 0.05) is 11.3 Å². The van der Waals surface area contributed by atoms with Gasteiger partial charge in [0.2, 0.25) is 0 Å². The first kappa shape index (κ1) is 30.6. The number of nitrogens with one attached hydrogen (secondary N) is 3. The Morgan fingerprint density at radius 2 is 1.79 bits per heavy atom. The molecule has 3 aromatic rings. The third-order valence-electron chi connectivity index (χ3n) is 6.26. The van der Waals surface area contributed by atoms with Gasteiger partial charge in [0.15, 0.2) is 18.1 Å². The maximum atomic E-state index is 13.1. The van der Waals surface area contributed by atoms with Crippen LogP contribution in [0.3, 0.4) is 0 Å². The Balaban J connectivity index is 1.37. The van der Waals surface area contributed by atoms with Gasteiger partial charge in [0.1, 0.15) is 18.2 Å². The summed E-state index contributed by atoms with van der Waals surface area (Å²) in [5.41, 5.74) is 5.02. The molecule has 11 nitrogen and oxygen atoms in total. The third kappa shape index (κ3) is 8.09. The van der Waals surface area contributed by atoms with E-state index in [0.29, 0.717) is 22.6 Å². The van der Waals surface area contributed by atoms with Crippen molar-refractivity contribution in [2.24, 2.45) is 5.10 Å². The maximum absolute atomic E-state index is 13.1. The standard InChI is InChI=1S/C31H31FN4O7/c1-4-41-30(38)28-19(2)34-31(39)35-29(28)21-11-14-25(26(15-21)40-3)43-18-27(37)36-33-16-22-7-5-6-8-24(22)42-17-20-9-12-23(32)13-10-20/h5-16,29H,4,17-18H2,1-3H3,(H,36,37)(H2,34,35,39)/b33-16-/t29-/m1/s1. The van der Waals surface area contributed by atoms with E-state index in [2.05, 4.69) is 21.2 Å². The summed E-state index contributed by atoms with van der Waals surface area (Å²) in [6.45, 7) is 3.35. The summed E-state index contributed by atoms with van der Waals surface area (Å²) >= 11 is 0. The minimum atomic E-state index is -0.782. The van der Waals surface area contributed by atoms with Crippen molar-refractivity contribution in [1.29, 1.82) is 0 Å². The fourth-order valence-electron chi connectivity index (χ4n) is 4.22. The van der Waals surface area contributed by atoms with E-state index in [1.807, 2.05) is 0 Å². The number of carbonyl (C=O) groups excluding carboxylic acids is 3. The Bertz CT molecular complexity index is 1540. The van der Waals surface area contributed by atoms with Gasteiger partial charge in [0.05, 0.1) is 31.5 Å². The normalized spacial score (nSPS) is 14.5. The number of hydrazone groups is 1. The Labute approximate surface area is 247 Å². The van der Waals surface area contributed by atoms with E-state index in [1.165, 1.54) is 25.5 Å². The molecule has 1 aliphatic heterocycles. The van der Waals surface area contributed by atoms with Gasteiger partial charge < -0.3 is 29.6 Å². The number of hydrogen-bond donors (Lipinski definition) is 3. The number of hydrogen-bond acceptors (Lipinski definition) is 8. The number of benzene rings is 3. The van der Waals surface area contributed by atoms with Crippen LogP contribution in [-0.2, 0) is 20.9 Å². The van der Waals surface area contributed by atoms with Crippen LogP contribution >= 0.6 is 0 Å². The molecular weight excluding hydrogens is 559 g/mol. The number of halogens is 1. The lowest BCUT2D eigenvalue weighted by Gasteiger charge is -2.28. The Kier molecular flexibility index (Phi) is 10.3. The van der Waals surface area contributed by atoms with Crippen molar-refractivity contribution >= 4 is 24.1 Å². The summed E-state index contributed by atoms with van der Waals surface area (Å²) in [5.74, 6) is -0.321. The van der Waals surface area contributed by atoms with Crippen LogP contribution in [-0.4, -0.2) is 44.4 Å². The molecule has 3 N–H and O–H groups in total. The predicted molar refractivity (Wildman–Crippen MR) is 155 cm³/mol. The molecule has 0 spiro atoms. The first-order chi connectivity index (χ1) is 20.8. The quantitative estimate of drug-likeness (QED) is 0.164. The number of esters is 1. The molecule has 224 valence electrons. The molecule has 1 heterocycles. The van der Waals surface area contributed by atoms with Crippen LogP contribution in [0, 0.1) is 5.82 Å². The van der Waals surface area contributed by atoms with Crippen LogP contribution < -0.4 is 30.3 Å². The number of urea groups is 1. The molecule has 0 unspecified atom stereocenters. The summed E-state index contributed by atoms with van der Waals surface area (Å²) in [7, 11) is 1.43. The van der Waals surface area contributed by atoms with Gasteiger partial charge in [-0.15, -0.1) is 0 Å². The van der Waals surface area contributed by atoms with E-state index in [1.54, 1.807) is 68.4 Å². The molecule has 0 radical (unpaired) electrons. The monoisotopic (exact) mass is 590 g/mol. The minimum Gasteiger partial charge on any atom is -0.493 e. The summed E-state index contributed by atoms with van der Waals surface area (Å²) < 4.78 is 35.2. The fraction of sp³-hybridized carbons (Fsp3) is 0.226. The minimum absolute atomic E-state index is 0.177. The largest absolute Gasteiger partial charge is 0.493 e. The number of ether oxygens (including phenoxy) is 4. The highest BCUT2D eigenvalue weighted by Crippen LogP contribution is 2.34. The Morgan fingerprint density at radius 1 is 1.02 bits per heavy atom. The van der Waals surface area contributed by atoms with Gasteiger partial charge in [-0.1, -0.05) is 30.3 Å². The van der Waals surface area contributed by atoms with E-state index in [-0.39, 0.29) is 42.7 Å². The topological polar surface area (TPSA) is 137 Å². The van der Waals surface area contributed by atoms with Crippen molar-refractivity contribution in [3.05, 3.63) is 101 Å². The maximum Gasteiger partial charge on any atom is 0.338 e. The first-order valence-electron chi connectivity index (χ1n) is 13.3. The molecule has 0 fully saturated rings. The summed E-state index contributed by atoms with van der Waals surface area (Å²) in [6, 6.07) is 16.7. The molecule has 1 atom stereocenters. The number of carbonyl (C=O) groups is 3. The van der Waals surface area contributed by atoms with Crippen LogP contribution in [0.2, 0.25) is 0 Å². The highest BCUT2D eigenvalue weighted by atomic mass is 19.1. The molecule has 0 bridgehead atoms. The second-order valence-electron chi connectivity index (χ2n) is 9.24. The van der Waals surface area contributed by atoms with Crippen molar-refractivity contribution in [2.45, 2.75) is 26.5 Å². The molecule has 3 aromatic carbocycles. The molecule has 0 aromatic heterocycles. The van der Waals surface area contributed by atoms with Crippen molar-refractivity contribution < 1.29 is 37.7 Å². The Morgan fingerprint density at radius 3 is 2.53 bits per heavy atom. The van der Waals surface area contributed by atoms with Crippen molar-refractivity contribution in [3.8, 4) is 17.2 Å². The summed E-state index contributed by atoms with van der Waals surface area (Å²) in [5, 5.41) is 9.30. The van der Waals surface area contributed by atoms with Crippen LogP contribution in [0.25, 0.3) is 0 Å². The van der Waals surface area contributed by atoms with Crippen molar-refractivity contribution in [1.82, 2.24) is 16.1 Å². The summed E-state index contributed by atoms with van der Waals surface area (Å²) in [6.07, 6.45) is 1.44. The lowest BCUT2D eigenvalue weighted by molar-refractivity contribution is -0.139. The van der Waals surface area contributed by atoms with Gasteiger partial charge in [-0.3, -0.25) is 4.79 Å². The number of allylic oxidation sites excluding steroid dienone is 1. The molecule has 12 heteroatoms. The van der Waals surface area contributed by atoms with Crippen LogP contribution in [0.1, 0.15) is 36.6 Å². The second kappa shape index (κ2) is 14.5. The predicted octanol–water partition coefficient (Wildman–Crippen LogP) is 4.13. The molecule has 3 amide bonds. The highest BCUT2D eigenvalue weighted by Gasteiger charge is 2.32. The lowest BCUT2D eigenvalue weighted by atomic mass is 9.95.